The number of nitrogens with one attached hydrogen (secondary N) is 1. The molecule has 0 spiro atoms. The molecule has 0 aromatic heterocycles. The van der Waals surface area contributed by atoms with Crippen molar-refractivity contribution in [3.63, 3.8) is 0 Å². The zero-order chi connectivity index (χ0) is 13.9. The summed E-state index contributed by atoms with van der Waals surface area (Å²) >= 11 is 11.7. The van der Waals surface area contributed by atoms with E-state index in [-0.39, 0.29) is 27.2 Å². The van der Waals surface area contributed by atoms with E-state index >= 15 is 0 Å². The van der Waals surface area contributed by atoms with Gasteiger partial charge < -0.3 is 10.8 Å². The molecule has 1 aromatic rings. The molecular weight excluding hydrogens is 299 g/mol. The molecule has 18 heavy (non-hydrogen) atoms. The average molecular weight is 313 g/mol. The Morgan fingerprint density at radius 2 is 1.89 bits per heavy atom. The predicted molar refractivity (Wildman–Crippen MR) is 72.4 cm³/mol. The van der Waals surface area contributed by atoms with Crippen LogP contribution in [0, 0.1) is 0 Å². The number of rotatable bonds is 5. The van der Waals surface area contributed by atoms with Crippen LogP contribution in [0.5, 0.6) is 0 Å². The molecule has 1 rings (SSSR count). The minimum atomic E-state index is -3.89. The second-order valence-electron chi connectivity index (χ2n) is 3.72. The van der Waals surface area contributed by atoms with Crippen LogP contribution < -0.4 is 10.5 Å². The smallest absolute Gasteiger partial charge is 0.243 e. The van der Waals surface area contributed by atoms with Crippen molar-refractivity contribution in [1.82, 2.24) is 4.72 Å². The first-order chi connectivity index (χ1) is 8.31. The topological polar surface area (TPSA) is 92.4 Å². The van der Waals surface area contributed by atoms with Crippen molar-refractivity contribution in [1.29, 1.82) is 0 Å². The molecule has 8 heteroatoms. The number of aliphatic hydroxyl groups excluding tert-OH is 1. The van der Waals surface area contributed by atoms with Gasteiger partial charge in [0.25, 0.3) is 0 Å². The Kier molecular flexibility index (Phi) is 5.24. The van der Waals surface area contributed by atoms with Gasteiger partial charge in [-0.15, -0.1) is 0 Å². The zero-order valence-corrected chi connectivity index (χ0v) is 12.0. The van der Waals surface area contributed by atoms with Crippen molar-refractivity contribution < 1.29 is 13.5 Å². The summed E-state index contributed by atoms with van der Waals surface area (Å²) in [5.74, 6) is 0. The molecule has 0 bridgehead atoms. The van der Waals surface area contributed by atoms with E-state index in [2.05, 4.69) is 4.72 Å². The molecule has 1 atom stereocenters. The van der Waals surface area contributed by atoms with Gasteiger partial charge >= 0.3 is 0 Å². The lowest BCUT2D eigenvalue weighted by Gasteiger charge is -2.16. The van der Waals surface area contributed by atoms with Gasteiger partial charge in [-0.25, -0.2) is 13.1 Å². The van der Waals surface area contributed by atoms with Crippen LogP contribution in [0.3, 0.4) is 0 Å². The minimum absolute atomic E-state index is 0.0553. The van der Waals surface area contributed by atoms with E-state index in [1.54, 1.807) is 6.92 Å². The SMILES string of the molecule is CC[C@@H](CO)NS(=O)(=O)c1c(Cl)cc(N)cc1Cl. The fourth-order valence-corrected chi connectivity index (χ4v) is 3.91. The first-order valence-electron chi connectivity index (χ1n) is 5.19. The van der Waals surface area contributed by atoms with Crippen LogP contribution >= 0.6 is 23.2 Å². The number of aliphatic hydroxyl groups is 1. The lowest BCUT2D eigenvalue weighted by atomic mass is 10.3. The van der Waals surface area contributed by atoms with E-state index in [0.29, 0.717) is 6.42 Å². The van der Waals surface area contributed by atoms with Crippen LogP contribution in [0.25, 0.3) is 0 Å². The van der Waals surface area contributed by atoms with Gasteiger partial charge in [-0.2, -0.15) is 0 Å². The average Bonchev–Trinajstić information content (AvgIpc) is 2.23. The van der Waals surface area contributed by atoms with Gasteiger partial charge in [0.2, 0.25) is 10.0 Å². The highest BCUT2D eigenvalue weighted by atomic mass is 35.5. The summed E-state index contributed by atoms with van der Waals surface area (Å²) in [5, 5.41) is 8.90. The number of nitrogens with two attached hydrogens (primary N) is 1. The maximum atomic E-state index is 12.1. The van der Waals surface area contributed by atoms with Gasteiger partial charge in [0.1, 0.15) is 4.90 Å². The maximum Gasteiger partial charge on any atom is 0.243 e. The van der Waals surface area contributed by atoms with Crippen LogP contribution in [0.2, 0.25) is 10.0 Å². The first-order valence-corrected chi connectivity index (χ1v) is 7.43. The summed E-state index contributed by atoms with van der Waals surface area (Å²) in [6.07, 6.45) is 0.444. The molecule has 102 valence electrons. The number of halogens is 2. The minimum Gasteiger partial charge on any atom is -0.399 e. The zero-order valence-electron chi connectivity index (χ0n) is 9.65. The second-order valence-corrected chi connectivity index (χ2v) is 6.19. The fourth-order valence-electron chi connectivity index (χ4n) is 1.36. The van der Waals surface area contributed by atoms with Crippen molar-refractivity contribution in [3.8, 4) is 0 Å². The molecular formula is C10H14Cl2N2O3S. The Hall–Kier alpha value is -0.530. The number of sulfonamides is 1. The van der Waals surface area contributed by atoms with E-state index in [1.165, 1.54) is 12.1 Å². The van der Waals surface area contributed by atoms with Crippen molar-refractivity contribution >= 4 is 38.9 Å². The van der Waals surface area contributed by atoms with Gasteiger partial charge in [0, 0.05) is 11.7 Å². The Bertz CT molecular complexity index is 507. The van der Waals surface area contributed by atoms with Crippen molar-refractivity contribution in [3.05, 3.63) is 22.2 Å². The van der Waals surface area contributed by atoms with Crippen LogP contribution in [0.4, 0.5) is 5.69 Å². The number of nitrogen functional groups attached to an aromatic ring is 1. The van der Waals surface area contributed by atoms with Crippen LogP contribution in [0.1, 0.15) is 13.3 Å². The molecule has 0 aliphatic heterocycles. The Balaban J connectivity index is 3.21. The van der Waals surface area contributed by atoms with Crippen molar-refractivity contribution in [2.24, 2.45) is 0 Å². The summed E-state index contributed by atoms with van der Waals surface area (Å²) < 4.78 is 26.5. The molecule has 0 fully saturated rings. The number of anilines is 1. The fraction of sp³-hybridized carbons (Fsp3) is 0.400. The van der Waals surface area contributed by atoms with Gasteiger partial charge in [0.05, 0.1) is 16.7 Å². The summed E-state index contributed by atoms with van der Waals surface area (Å²) in [5.41, 5.74) is 5.78. The standard InChI is InChI=1S/C10H14Cl2N2O3S/c1-2-7(5-15)14-18(16,17)10-8(11)3-6(13)4-9(10)12/h3-4,7,14-15H,2,5,13H2,1H3/t7-/m0/s1. The highest BCUT2D eigenvalue weighted by Gasteiger charge is 2.24. The van der Waals surface area contributed by atoms with Gasteiger partial charge in [-0.05, 0) is 18.6 Å². The lowest BCUT2D eigenvalue weighted by Crippen LogP contribution is -2.37. The van der Waals surface area contributed by atoms with E-state index in [0.717, 1.165) is 0 Å². The second kappa shape index (κ2) is 6.08. The lowest BCUT2D eigenvalue weighted by molar-refractivity contribution is 0.254. The Morgan fingerprint density at radius 1 is 1.39 bits per heavy atom. The van der Waals surface area contributed by atoms with E-state index in [4.69, 9.17) is 34.0 Å². The third kappa shape index (κ3) is 3.49. The molecule has 0 radical (unpaired) electrons. The van der Waals surface area contributed by atoms with E-state index in [1.807, 2.05) is 0 Å². The van der Waals surface area contributed by atoms with Crippen LogP contribution in [-0.4, -0.2) is 26.2 Å². The molecule has 0 amide bonds. The molecule has 0 saturated heterocycles. The number of hydrogen-bond donors (Lipinski definition) is 3. The molecule has 0 heterocycles. The third-order valence-electron chi connectivity index (χ3n) is 2.32. The maximum absolute atomic E-state index is 12.1. The molecule has 5 nitrogen and oxygen atoms in total. The molecule has 4 N–H and O–H groups in total. The highest BCUT2D eigenvalue weighted by molar-refractivity contribution is 7.89. The monoisotopic (exact) mass is 312 g/mol. The molecule has 0 aliphatic carbocycles. The number of benzene rings is 1. The van der Waals surface area contributed by atoms with Crippen LogP contribution in [0.15, 0.2) is 17.0 Å². The van der Waals surface area contributed by atoms with Gasteiger partial charge in [0.15, 0.2) is 0 Å². The largest absolute Gasteiger partial charge is 0.399 e. The van der Waals surface area contributed by atoms with E-state index < -0.39 is 16.1 Å². The molecule has 0 saturated carbocycles. The Labute approximate surface area is 116 Å². The first kappa shape index (κ1) is 15.5. The van der Waals surface area contributed by atoms with Crippen molar-refractivity contribution in [2.45, 2.75) is 24.3 Å². The quantitative estimate of drug-likeness (QED) is 0.720. The summed E-state index contributed by atoms with van der Waals surface area (Å²) in [6.45, 7) is 1.44. The predicted octanol–water partition coefficient (Wildman–Crippen LogP) is 1.62. The summed E-state index contributed by atoms with van der Waals surface area (Å²) in [4.78, 5) is -0.230. The Morgan fingerprint density at radius 3 is 2.28 bits per heavy atom. The van der Waals surface area contributed by atoms with Gasteiger partial charge in [-0.1, -0.05) is 30.1 Å². The van der Waals surface area contributed by atoms with Gasteiger partial charge in [-0.3, -0.25) is 0 Å². The number of hydrogen-bond acceptors (Lipinski definition) is 4. The van der Waals surface area contributed by atoms with Crippen molar-refractivity contribution in [2.75, 3.05) is 12.3 Å². The summed E-state index contributed by atoms with van der Waals surface area (Å²) in [7, 11) is -3.89. The summed E-state index contributed by atoms with van der Waals surface area (Å²) in [6, 6.07) is 2.03. The molecule has 1 aromatic carbocycles. The normalized spacial score (nSPS) is 13.6. The van der Waals surface area contributed by atoms with Crippen LogP contribution in [-0.2, 0) is 10.0 Å². The molecule has 0 unspecified atom stereocenters. The molecule has 0 aliphatic rings. The highest BCUT2D eigenvalue weighted by Crippen LogP contribution is 2.31. The third-order valence-corrected chi connectivity index (χ3v) is 4.77. The van der Waals surface area contributed by atoms with E-state index in [9.17, 15) is 8.42 Å².